The van der Waals surface area contributed by atoms with E-state index in [1.165, 1.54) is 10.9 Å². The molecule has 0 fully saturated rings. The molecule has 1 atom stereocenters. The van der Waals surface area contributed by atoms with Crippen molar-refractivity contribution in [3.05, 3.63) is 36.0 Å². The van der Waals surface area contributed by atoms with Crippen LogP contribution in [0.4, 0.5) is 4.79 Å². The first-order valence-corrected chi connectivity index (χ1v) is 8.61. The van der Waals surface area contributed by atoms with Crippen LogP contribution >= 0.6 is 15.9 Å². The average Bonchev–Trinajstić information content (AvgIpc) is 2.85. The number of alkyl halides is 1. The van der Waals surface area contributed by atoms with Crippen molar-refractivity contribution in [3.63, 3.8) is 0 Å². The molecule has 2 N–H and O–H groups in total. The predicted molar refractivity (Wildman–Crippen MR) is 93.7 cm³/mol. The molecule has 2 aromatic rings. The van der Waals surface area contributed by atoms with Crippen LogP contribution in [0.25, 0.3) is 10.9 Å². The molecule has 5 heteroatoms. The fourth-order valence-electron chi connectivity index (χ4n) is 2.45. The molecule has 2 rings (SSSR count). The molecule has 1 unspecified atom stereocenters. The largest absolute Gasteiger partial charge is 0.444 e. The van der Waals surface area contributed by atoms with E-state index >= 15 is 0 Å². The van der Waals surface area contributed by atoms with Crippen LogP contribution in [-0.2, 0) is 4.74 Å². The van der Waals surface area contributed by atoms with E-state index in [4.69, 9.17) is 4.74 Å². The number of ether oxygens (including phenoxy) is 1. The van der Waals surface area contributed by atoms with Gasteiger partial charge in [0.1, 0.15) is 5.60 Å². The van der Waals surface area contributed by atoms with Gasteiger partial charge in [0.15, 0.2) is 0 Å². The van der Waals surface area contributed by atoms with E-state index in [1.807, 2.05) is 39.1 Å². The number of benzene rings is 1. The number of alkyl carbamates (subject to hydrolysis) is 1. The summed E-state index contributed by atoms with van der Waals surface area (Å²) in [5.41, 5.74) is 1.87. The molecule has 0 aliphatic rings. The van der Waals surface area contributed by atoms with Gasteiger partial charge in [-0.05, 0) is 38.8 Å². The quantitative estimate of drug-likeness (QED) is 0.761. The van der Waals surface area contributed by atoms with Gasteiger partial charge in [0.25, 0.3) is 0 Å². The minimum atomic E-state index is -0.476. The number of aromatic amines is 1. The number of para-hydroxylation sites is 1. The number of aromatic nitrogens is 1. The third-order valence-corrected chi connectivity index (χ3v) is 3.87. The van der Waals surface area contributed by atoms with Crippen molar-refractivity contribution < 1.29 is 9.53 Å². The molecule has 0 saturated carbocycles. The van der Waals surface area contributed by atoms with E-state index in [0.29, 0.717) is 6.54 Å². The Morgan fingerprint density at radius 3 is 2.77 bits per heavy atom. The summed E-state index contributed by atoms with van der Waals surface area (Å²) in [5.74, 6) is 0.239. The number of hydrogen-bond acceptors (Lipinski definition) is 2. The van der Waals surface area contributed by atoms with Gasteiger partial charge in [-0.1, -0.05) is 34.1 Å². The number of carbonyl (C=O) groups is 1. The highest BCUT2D eigenvalue weighted by molar-refractivity contribution is 9.09. The third-order valence-electron chi connectivity index (χ3n) is 3.41. The van der Waals surface area contributed by atoms with Crippen LogP contribution in [0.5, 0.6) is 0 Å². The van der Waals surface area contributed by atoms with Crippen LogP contribution in [0.2, 0.25) is 0 Å². The lowest BCUT2D eigenvalue weighted by Crippen LogP contribution is -2.34. The number of fused-ring (bicyclic) bond motifs is 1. The van der Waals surface area contributed by atoms with Gasteiger partial charge in [-0.3, -0.25) is 0 Å². The van der Waals surface area contributed by atoms with Crippen LogP contribution in [0.15, 0.2) is 30.5 Å². The van der Waals surface area contributed by atoms with E-state index in [0.717, 1.165) is 17.3 Å². The molecule has 4 nitrogen and oxygen atoms in total. The Hall–Kier alpha value is -1.49. The van der Waals surface area contributed by atoms with Gasteiger partial charge in [-0.15, -0.1) is 0 Å². The molecule has 0 saturated heterocycles. The fourth-order valence-corrected chi connectivity index (χ4v) is 3.00. The molecule has 0 spiro atoms. The first-order valence-electron chi connectivity index (χ1n) is 7.49. The predicted octanol–water partition coefficient (Wildman–Crippen LogP) is 4.56. The molecule has 22 heavy (non-hydrogen) atoms. The monoisotopic (exact) mass is 366 g/mol. The minimum absolute atomic E-state index is 0.239. The highest BCUT2D eigenvalue weighted by Gasteiger charge is 2.19. The fraction of sp³-hybridized carbons (Fsp3) is 0.471. The lowest BCUT2D eigenvalue weighted by atomic mass is 9.96. The summed E-state index contributed by atoms with van der Waals surface area (Å²) < 4.78 is 5.30. The molecule has 1 heterocycles. The summed E-state index contributed by atoms with van der Waals surface area (Å²) in [4.78, 5) is 15.1. The first kappa shape index (κ1) is 16.9. The summed E-state index contributed by atoms with van der Waals surface area (Å²) in [7, 11) is 0. The van der Waals surface area contributed by atoms with Crippen molar-refractivity contribution in [1.29, 1.82) is 0 Å². The van der Waals surface area contributed by atoms with Gasteiger partial charge in [0, 0.05) is 34.9 Å². The maximum Gasteiger partial charge on any atom is 0.407 e. The lowest BCUT2D eigenvalue weighted by Gasteiger charge is -2.21. The zero-order chi connectivity index (χ0) is 16.2. The van der Waals surface area contributed by atoms with Gasteiger partial charge >= 0.3 is 6.09 Å². The molecule has 0 radical (unpaired) electrons. The zero-order valence-corrected chi connectivity index (χ0v) is 14.9. The Labute approximate surface area is 139 Å². The van der Waals surface area contributed by atoms with Crippen molar-refractivity contribution in [3.8, 4) is 0 Å². The number of carbonyl (C=O) groups excluding carboxylic acids is 1. The summed E-state index contributed by atoms with van der Waals surface area (Å²) in [6.07, 6.45) is 2.61. The molecule has 1 aromatic heterocycles. The van der Waals surface area contributed by atoms with E-state index < -0.39 is 5.60 Å². The molecule has 0 bridgehead atoms. The second-order valence-electron chi connectivity index (χ2n) is 6.35. The van der Waals surface area contributed by atoms with Gasteiger partial charge < -0.3 is 15.0 Å². The molecule has 1 aromatic carbocycles. The van der Waals surface area contributed by atoms with Gasteiger partial charge in [0.05, 0.1) is 0 Å². The molecular weight excluding hydrogens is 344 g/mol. The molecule has 0 aliphatic carbocycles. The Bertz CT molecular complexity index is 631. The van der Waals surface area contributed by atoms with Crippen molar-refractivity contribution >= 4 is 32.9 Å². The van der Waals surface area contributed by atoms with Gasteiger partial charge in [0.2, 0.25) is 0 Å². The van der Waals surface area contributed by atoms with E-state index in [9.17, 15) is 4.79 Å². The van der Waals surface area contributed by atoms with Crippen LogP contribution in [0.3, 0.4) is 0 Å². The summed E-state index contributed by atoms with van der Waals surface area (Å²) in [6.45, 7) is 6.15. The minimum Gasteiger partial charge on any atom is -0.444 e. The normalized spacial score (nSPS) is 13.1. The van der Waals surface area contributed by atoms with Gasteiger partial charge in [-0.25, -0.2) is 4.79 Å². The Balaban J connectivity index is 2.08. The third kappa shape index (κ3) is 4.50. The molecular formula is C17H23BrN2O2. The number of amides is 1. The smallest absolute Gasteiger partial charge is 0.407 e. The van der Waals surface area contributed by atoms with Crippen molar-refractivity contribution in [2.45, 2.75) is 38.7 Å². The Morgan fingerprint density at radius 2 is 2.09 bits per heavy atom. The topological polar surface area (TPSA) is 54.1 Å². The summed E-state index contributed by atoms with van der Waals surface area (Å²) in [5, 5.41) is 4.97. The van der Waals surface area contributed by atoms with E-state index in [2.05, 4.69) is 38.4 Å². The molecule has 120 valence electrons. The van der Waals surface area contributed by atoms with Crippen molar-refractivity contribution in [1.82, 2.24) is 10.3 Å². The highest BCUT2D eigenvalue weighted by Crippen LogP contribution is 2.28. The Morgan fingerprint density at radius 1 is 1.36 bits per heavy atom. The maximum atomic E-state index is 11.8. The first-order chi connectivity index (χ1) is 10.4. The maximum absolute atomic E-state index is 11.8. The number of halogens is 1. The van der Waals surface area contributed by atoms with E-state index in [1.54, 1.807) is 0 Å². The molecule has 0 aliphatic heterocycles. The van der Waals surface area contributed by atoms with Gasteiger partial charge in [-0.2, -0.15) is 0 Å². The van der Waals surface area contributed by atoms with Crippen LogP contribution < -0.4 is 5.32 Å². The van der Waals surface area contributed by atoms with E-state index in [-0.39, 0.29) is 12.0 Å². The van der Waals surface area contributed by atoms with Crippen LogP contribution in [-0.4, -0.2) is 28.6 Å². The average molecular weight is 367 g/mol. The SMILES string of the molecule is CC(C)(C)OC(=O)NCC(CCBr)c1c[nH]c2ccccc12. The van der Waals surface area contributed by atoms with Crippen LogP contribution in [0.1, 0.15) is 38.7 Å². The Kier molecular flexibility index (Phi) is 5.51. The lowest BCUT2D eigenvalue weighted by molar-refractivity contribution is 0.0524. The molecule has 1 amide bonds. The standard InChI is InChI=1S/C17H23BrN2O2/c1-17(2,3)22-16(21)20-10-12(8-9-18)14-11-19-15-7-5-4-6-13(14)15/h4-7,11-12,19H,8-10H2,1-3H3,(H,20,21). The van der Waals surface area contributed by atoms with Crippen molar-refractivity contribution in [2.24, 2.45) is 0 Å². The summed E-state index contributed by atoms with van der Waals surface area (Å²) in [6, 6.07) is 8.22. The second-order valence-corrected chi connectivity index (χ2v) is 7.14. The zero-order valence-electron chi connectivity index (χ0n) is 13.3. The number of rotatable bonds is 5. The number of nitrogens with one attached hydrogen (secondary N) is 2. The second kappa shape index (κ2) is 7.18. The van der Waals surface area contributed by atoms with Crippen molar-refractivity contribution in [2.75, 3.05) is 11.9 Å². The van der Waals surface area contributed by atoms with Crippen LogP contribution in [0, 0.1) is 0 Å². The summed E-state index contributed by atoms with van der Waals surface area (Å²) >= 11 is 3.50. The number of hydrogen-bond donors (Lipinski definition) is 2. The number of H-pyrrole nitrogens is 1. The highest BCUT2D eigenvalue weighted by atomic mass is 79.9.